The number of aryl methyl sites for hydroxylation is 1. The van der Waals surface area contributed by atoms with Gasteiger partial charge in [0.05, 0.1) is 11.3 Å². The largest absolute Gasteiger partial charge is 0.512 e. The Kier molecular flexibility index (Phi) is 11.0. The summed E-state index contributed by atoms with van der Waals surface area (Å²) in [5.74, 6) is -1.66. The van der Waals surface area contributed by atoms with E-state index < -0.39 is 5.92 Å². The number of halogens is 2. The van der Waals surface area contributed by atoms with Crippen LogP contribution in [0, 0.1) is 24.8 Å². The van der Waals surface area contributed by atoms with Gasteiger partial charge in [-0.2, -0.15) is 0 Å². The van der Waals surface area contributed by atoms with E-state index in [9.17, 15) is 18.7 Å². The maximum absolute atomic E-state index is 13.7. The van der Waals surface area contributed by atoms with E-state index in [-0.39, 0.29) is 50.4 Å². The summed E-state index contributed by atoms with van der Waals surface area (Å²) in [5.41, 5.74) is 5.22. The first-order chi connectivity index (χ1) is 20.9. The van der Waals surface area contributed by atoms with Crippen molar-refractivity contribution in [3.63, 3.8) is 0 Å². The predicted octanol–water partition coefficient (Wildman–Crippen LogP) is 10.9. The van der Waals surface area contributed by atoms with Crippen molar-refractivity contribution in [1.29, 1.82) is 0 Å². The summed E-state index contributed by atoms with van der Waals surface area (Å²) in [6.07, 6.45) is 4.67. The number of carbonyl (C=O) groups is 1. The Morgan fingerprint density at radius 3 is 2.47 bits per heavy atom. The molecule has 3 aromatic carbocycles. The van der Waals surface area contributed by atoms with Gasteiger partial charge in [-0.3, -0.25) is 4.79 Å². The molecule has 1 N–H and O–H groups in total. The van der Waals surface area contributed by atoms with Crippen molar-refractivity contribution >= 4 is 38.5 Å². The summed E-state index contributed by atoms with van der Waals surface area (Å²) in [6.45, 7) is 10.0. The summed E-state index contributed by atoms with van der Waals surface area (Å²) in [4.78, 5) is 15.9. The van der Waals surface area contributed by atoms with Crippen LogP contribution in [0.1, 0.15) is 76.8 Å². The zero-order valence-corrected chi connectivity index (χ0v) is 28.8. The topological polar surface area (TPSA) is 63.3 Å². The SMILES string of the molecule is CC(C)CC(=O)/C=C(\O)CC(C)C.Cc1[c-]c(-c2nccc3cc(C4CCC(F)(F)C4)ccc23)c2oc3ccccc3c2c1.[Ir]. The standard InChI is InChI=1S/C27H20F2NO.C11H20O2.Ir/c1-16-12-22-21-4-2-3-5-24(21)31-26(22)23(13-16)25-20-7-6-17(14-18(20)9-11-30-25)19-8-10-27(28,29)15-19;1-8(2)5-10(12)7-11(13)6-9(3)4;/h2-7,9,11-12,14,19H,8,10,15H2,1H3;7-9,12H,5-6H2,1-4H3;/q-1;;/b;10-7-;. The molecule has 0 spiro atoms. The summed E-state index contributed by atoms with van der Waals surface area (Å²) >= 11 is 0. The molecule has 1 saturated carbocycles. The Morgan fingerprint density at radius 2 is 1.78 bits per heavy atom. The minimum atomic E-state index is -2.55. The van der Waals surface area contributed by atoms with E-state index in [1.807, 2.05) is 77.1 Å². The number of rotatable bonds is 7. The van der Waals surface area contributed by atoms with E-state index in [4.69, 9.17) is 4.42 Å². The first kappa shape index (κ1) is 34.5. The van der Waals surface area contributed by atoms with Crippen LogP contribution in [0.15, 0.2) is 77.0 Å². The maximum atomic E-state index is 13.7. The number of pyridine rings is 1. The first-order valence-electron chi connectivity index (χ1n) is 15.4. The number of aliphatic hydroxyl groups excluding tert-OH is 1. The van der Waals surface area contributed by atoms with Crippen LogP contribution in [-0.2, 0) is 24.9 Å². The summed E-state index contributed by atoms with van der Waals surface area (Å²) in [7, 11) is 0. The smallest absolute Gasteiger partial charge is 0.248 e. The number of allylic oxidation sites excluding steroid dienone is 2. The van der Waals surface area contributed by atoms with Crippen LogP contribution in [0.3, 0.4) is 0 Å². The molecule has 5 aromatic rings. The van der Waals surface area contributed by atoms with Crippen molar-refractivity contribution in [2.45, 2.75) is 78.6 Å². The van der Waals surface area contributed by atoms with E-state index in [1.54, 1.807) is 6.20 Å². The van der Waals surface area contributed by atoms with Crippen LogP contribution in [0.4, 0.5) is 8.78 Å². The molecule has 2 heterocycles. The normalized spacial score (nSPS) is 16.3. The third-order valence-electron chi connectivity index (χ3n) is 8.00. The van der Waals surface area contributed by atoms with E-state index in [0.717, 1.165) is 55.1 Å². The number of carbonyl (C=O) groups excluding carboxylic acids is 1. The maximum Gasteiger partial charge on any atom is 0.248 e. The van der Waals surface area contributed by atoms with Crippen LogP contribution in [-0.4, -0.2) is 21.8 Å². The molecular weight excluding hydrogens is 749 g/mol. The van der Waals surface area contributed by atoms with Gasteiger partial charge in [0.1, 0.15) is 5.58 Å². The number of para-hydroxylation sites is 1. The molecule has 2 aromatic heterocycles. The average molecular weight is 789 g/mol. The fourth-order valence-corrected chi connectivity index (χ4v) is 6.08. The van der Waals surface area contributed by atoms with Crippen LogP contribution >= 0.6 is 0 Å². The Balaban J connectivity index is 0.000000283. The number of furan rings is 1. The minimum absolute atomic E-state index is 0. The van der Waals surface area contributed by atoms with Gasteiger partial charge >= 0.3 is 0 Å². The zero-order valence-electron chi connectivity index (χ0n) is 26.4. The summed E-state index contributed by atoms with van der Waals surface area (Å²) in [6, 6.07) is 21.5. The molecule has 1 aliphatic carbocycles. The number of nitrogens with zero attached hydrogens (tertiary/aromatic N) is 1. The number of alkyl halides is 2. The van der Waals surface area contributed by atoms with E-state index in [2.05, 4.69) is 23.2 Å². The Hall–Kier alpha value is -3.41. The van der Waals surface area contributed by atoms with Crippen molar-refractivity contribution < 1.29 is 43.2 Å². The molecule has 0 amide bonds. The molecule has 45 heavy (non-hydrogen) atoms. The van der Waals surface area contributed by atoms with Crippen molar-refractivity contribution in [2.24, 2.45) is 11.8 Å². The van der Waals surface area contributed by atoms with Crippen LogP contribution in [0.5, 0.6) is 0 Å². The van der Waals surface area contributed by atoms with Crippen LogP contribution < -0.4 is 0 Å². The molecule has 1 aliphatic rings. The third-order valence-corrected chi connectivity index (χ3v) is 8.00. The van der Waals surface area contributed by atoms with E-state index in [0.29, 0.717) is 31.1 Å². The van der Waals surface area contributed by atoms with E-state index in [1.165, 1.54) is 6.08 Å². The number of aromatic nitrogens is 1. The molecule has 239 valence electrons. The van der Waals surface area contributed by atoms with Crippen molar-refractivity contribution in [3.05, 3.63) is 89.8 Å². The Labute approximate surface area is 277 Å². The second-order valence-corrected chi connectivity index (χ2v) is 12.9. The molecule has 0 aliphatic heterocycles. The molecule has 4 nitrogen and oxygen atoms in total. The molecule has 6 rings (SSSR count). The summed E-state index contributed by atoms with van der Waals surface area (Å²) < 4.78 is 33.7. The Bertz CT molecular complexity index is 1840. The second-order valence-electron chi connectivity index (χ2n) is 12.9. The second kappa shape index (κ2) is 14.3. The molecule has 1 fully saturated rings. The van der Waals surface area contributed by atoms with Gasteiger partial charge in [-0.1, -0.05) is 82.0 Å². The van der Waals surface area contributed by atoms with Crippen molar-refractivity contribution in [1.82, 2.24) is 4.98 Å². The Morgan fingerprint density at radius 1 is 1.04 bits per heavy atom. The summed E-state index contributed by atoms with van der Waals surface area (Å²) in [5, 5.41) is 13.4. The van der Waals surface area contributed by atoms with Gasteiger partial charge in [0.25, 0.3) is 0 Å². The fraction of sp³-hybridized carbons (Fsp3) is 0.368. The van der Waals surface area contributed by atoms with Gasteiger partial charge in [-0.15, -0.1) is 17.7 Å². The van der Waals surface area contributed by atoms with Gasteiger partial charge in [0.15, 0.2) is 5.78 Å². The van der Waals surface area contributed by atoms with Gasteiger partial charge < -0.3 is 14.5 Å². The predicted molar refractivity (Wildman–Crippen MR) is 174 cm³/mol. The fourth-order valence-electron chi connectivity index (χ4n) is 6.08. The van der Waals surface area contributed by atoms with E-state index >= 15 is 0 Å². The molecule has 0 saturated heterocycles. The quantitative estimate of drug-likeness (QED) is 0.101. The number of ketones is 1. The number of hydrogen-bond acceptors (Lipinski definition) is 4. The van der Waals surface area contributed by atoms with Gasteiger partial charge in [-0.05, 0) is 58.3 Å². The van der Waals surface area contributed by atoms with Gasteiger partial charge in [0.2, 0.25) is 5.92 Å². The number of fused-ring (bicyclic) bond motifs is 4. The monoisotopic (exact) mass is 789 g/mol. The number of hydrogen-bond donors (Lipinski definition) is 1. The van der Waals surface area contributed by atoms with Crippen molar-refractivity contribution in [3.8, 4) is 11.3 Å². The van der Waals surface area contributed by atoms with Crippen molar-refractivity contribution in [2.75, 3.05) is 0 Å². The average Bonchev–Trinajstić information content (AvgIpc) is 3.51. The third kappa shape index (κ3) is 8.25. The molecule has 1 atom stereocenters. The molecule has 1 unspecified atom stereocenters. The number of aliphatic hydroxyl groups is 1. The van der Waals surface area contributed by atoms with Gasteiger partial charge in [-0.25, -0.2) is 8.78 Å². The molecule has 1 radical (unpaired) electrons. The van der Waals surface area contributed by atoms with Crippen LogP contribution in [0.25, 0.3) is 44.0 Å². The first-order valence-corrected chi connectivity index (χ1v) is 15.4. The molecular formula is C38H40F2IrNO3-. The zero-order chi connectivity index (χ0) is 31.6. The number of benzene rings is 3. The van der Waals surface area contributed by atoms with Crippen LogP contribution in [0.2, 0.25) is 0 Å². The minimum Gasteiger partial charge on any atom is -0.512 e. The van der Waals surface area contributed by atoms with Gasteiger partial charge in [0, 0.05) is 63.4 Å². The molecule has 0 bridgehead atoms. The molecule has 7 heteroatoms.